The first-order valence-corrected chi connectivity index (χ1v) is 6.15. The molecule has 1 aliphatic rings. The van der Waals surface area contributed by atoms with E-state index in [4.69, 9.17) is 5.73 Å². The van der Waals surface area contributed by atoms with Gasteiger partial charge in [-0.3, -0.25) is 0 Å². The molecule has 0 aromatic heterocycles. The van der Waals surface area contributed by atoms with Crippen LogP contribution < -0.4 is 5.73 Å². The van der Waals surface area contributed by atoms with Crippen molar-refractivity contribution in [1.29, 1.82) is 0 Å². The summed E-state index contributed by atoms with van der Waals surface area (Å²) < 4.78 is 1.21. The van der Waals surface area contributed by atoms with Gasteiger partial charge in [0.1, 0.15) is 0 Å². The third-order valence-corrected chi connectivity index (χ3v) is 4.32. The Bertz CT molecular complexity index is 325. The van der Waals surface area contributed by atoms with Crippen LogP contribution in [0.1, 0.15) is 18.4 Å². The molecule has 70 valence electrons. The van der Waals surface area contributed by atoms with E-state index >= 15 is 0 Å². The van der Waals surface area contributed by atoms with E-state index in [0.29, 0.717) is 5.92 Å². The van der Waals surface area contributed by atoms with Gasteiger partial charge in [-0.15, -0.1) is 11.8 Å². The van der Waals surface area contributed by atoms with Crippen molar-refractivity contribution in [3.05, 3.63) is 28.2 Å². The van der Waals surface area contributed by atoms with Gasteiger partial charge < -0.3 is 5.73 Å². The molecule has 0 saturated carbocycles. The molecule has 2 unspecified atom stereocenters. The zero-order valence-corrected chi connectivity index (χ0v) is 9.86. The zero-order valence-electron chi connectivity index (χ0n) is 7.46. The maximum atomic E-state index is 5.95. The molecule has 1 aromatic carbocycles. The molecule has 1 nitrogen and oxygen atoms in total. The quantitative estimate of drug-likeness (QED) is 0.838. The average Bonchev–Trinajstić information content (AvgIpc) is 2.49. The first-order valence-electron chi connectivity index (χ1n) is 4.37. The zero-order chi connectivity index (χ0) is 9.42. The summed E-state index contributed by atoms with van der Waals surface area (Å²) in [5.74, 6) is 1.63. The van der Waals surface area contributed by atoms with Crippen LogP contribution in [0.2, 0.25) is 0 Å². The van der Waals surface area contributed by atoms with Crippen molar-refractivity contribution in [2.45, 2.75) is 23.8 Å². The minimum atomic E-state index is 0.243. The normalized spacial score (nSPS) is 22.8. The number of hydrogen-bond acceptors (Lipinski definition) is 2. The van der Waals surface area contributed by atoms with Gasteiger partial charge in [-0.05, 0) is 24.6 Å². The molecule has 0 spiro atoms. The number of halogens is 1. The fourth-order valence-corrected chi connectivity index (χ4v) is 3.89. The molecule has 0 radical (unpaired) electrons. The molecule has 2 atom stereocenters. The van der Waals surface area contributed by atoms with Crippen LogP contribution in [0.15, 0.2) is 27.6 Å². The van der Waals surface area contributed by atoms with E-state index in [1.807, 2.05) is 11.8 Å². The molecule has 13 heavy (non-hydrogen) atoms. The molecule has 2 N–H and O–H groups in total. The van der Waals surface area contributed by atoms with Crippen molar-refractivity contribution in [2.75, 3.05) is 5.75 Å². The predicted octanol–water partition coefficient (Wildman–Crippen LogP) is 2.99. The van der Waals surface area contributed by atoms with Gasteiger partial charge in [0.2, 0.25) is 0 Å². The lowest BCUT2D eigenvalue weighted by Gasteiger charge is -2.15. The Kier molecular flexibility index (Phi) is 2.67. The minimum Gasteiger partial charge on any atom is -0.327 e. The monoisotopic (exact) mass is 257 g/mol. The second-order valence-electron chi connectivity index (χ2n) is 3.43. The molecule has 1 heterocycles. The SMILES string of the molecule is CC(N)C1CSc2cccc(Br)c21. The van der Waals surface area contributed by atoms with Crippen LogP contribution >= 0.6 is 27.7 Å². The van der Waals surface area contributed by atoms with Gasteiger partial charge >= 0.3 is 0 Å². The molecular weight excluding hydrogens is 246 g/mol. The number of fused-ring (bicyclic) bond motifs is 1. The summed E-state index contributed by atoms with van der Waals surface area (Å²) >= 11 is 5.50. The summed E-state index contributed by atoms with van der Waals surface area (Å²) in [6.45, 7) is 2.08. The average molecular weight is 258 g/mol. The second kappa shape index (κ2) is 3.64. The Labute approximate surface area is 91.2 Å². The molecule has 0 aliphatic carbocycles. The topological polar surface area (TPSA) is 26.0 Å². The Morgan fingerprint density at radius 2 is 2.38 bits per heavy atom. The summed E-state index contributed by atoms with van der Waals surface area (Å²) in [5.41, 5.74) is 7.35. The van der Waals surface area contributed by atoms with Crippen molar-refractivity contribution < 1.29 is 0 Å². The first kappa shape index (κ1) is 9.56. The predicted molar refractivity (Wildman–Crippen MR) is 61.3 cm³/mol. The van der Waals surface area contributed by atoms with Crippen LogP contribution in [-0.4, -0.2) is 11.8 Å². The van der Waals surface area contributed by atoms with E-state index in [-0.39, 0.29) is 6.04 Å². The van der Waals surface area contributed by atoms with Crippen LogP contribution in [0.3, 0.4) is 0 Å². The molecule has 2 rings (SSSR count). The van der Waals surface area contributed by atoms with Gasteiger partial charge in [-0.1, -0.05) is 22.0 Å². The highest BCUT2D eigenvalue weighted by Gasteiger charge is 2.27. The maximum absolute atomic E-state index is 5.95. The van der Waals surface area contributed by atoms with Crippen LogP contribution in [0, 0.1) is 0 Å². The summed E-state index contributed by atoms with van der Waals surface area (Å²) in [6.07, 6.45) is 0. The van der Waals surface area contributed by atoms with Crippen molar-refractivity contribution in [3.63, 3.8) is 0 Å². The molecule has 1 aromatic rings. The van der Waals surface area contributed by atoms with E-state index in [0.717, 1.165) is 5.75 Å². The lowest BCUT2D eigenvalue weighted by molar-refractivity contribution is 0.620. The van der Waals surface area contributed by atoms with E-state index in [2.05, 4.69) is 41.1 Å². The molecule has 1 aliphatic heterocycles. The van der Waals surface area contributed by atoms with E-state index in [9.17, 15) is 0 Å². The molecule has 0 bridgehead atoms. The highest BCUT2D eigenvalue weighted by molar-refractivity contribution is 9.10. The van der Waals surface area contributed by atoms with Crippen LogP contribution in [0.25, 0.3) is 0 Å². The van der Waals surface area contributed by atoms with Gasteiger partial charge in [0.05, 0.1) is 0 Å². The van der Waals surface area contributed by atoms with Crippen molar-refractivity contribution >= 4 is 27.7 Å². The number of thioether (sulfide) groups is 1. The van der Waals surface area contributed by atoms with Gasteiger partial charge in [-0.2, -0.15) is 0 Å². The second-order valence-corrected chi connectivity index (χ2v) is 5.34. The summed E-state index contributed by atoms with van der Waals surface area (Å²) in [6, 6.07) is 6.60. The molecule has 0 amide bonds. The smallest absolute Gasteiger partial charge is 0.0222 e. The van der Waals surface area contributed by atoms with E-state index in [1.165, 1.54) is 14.9 Å². The number of benzene rings is 1. The Balaban J connectivity index is 2.46. The summed E-state index contributed by atoms with van der Waals surface area (Å²) in [7, 11) is 0. The Morgan fingerprint density at radius 1 is 1.62 bits per heavy atom. The van der Waals surface area contributed by atoms with E-state index < -0.39 is 0 Å². The van der Waals surface area contributed by atoms with Gasteiger partial charge in [-0.25, -0.2) is 0 Å². The molecular formula is C10H12BrNS. The number of nitrogens with two attached hydrogens (primary N) is 1. The highest BCUT2D eigenvalue weighted by atomic mass is 79.9. The van der Waals surface area contributed by atoms with Crippen LogP contribution in [0.5, 0.6) is 0 Å². The van der Waals surface area contributed by atoms with Gasteiger partial charge in [0.15, 0.2) is 0 Å². The number of rotatable bonds is 1. The summed E-state index contributed by atoms with van der Waals surface area (Å²) in [4.78, 5) is 1.39. The lowest BCUT2D eigenvalue weighted by atomic mass is 9.95. The van der Waals surface area contributed by atoms with Crippen molar-refractivity contribution in [1.82, 2.24) is 0 Å². The third-order valence-electron chi connectivity index (χ3n) is 2.44. The lowest BCUT2D eigenvalue weighted by Crippen LogP contribution is -2.24. The van der Waals surface area contributed by atoms with Gasteiger partial charge in [0, 0.05) is 27.1 Å². The fraction of sp³-hybridized carbons (Fsp3) is 0.400. The Morgan fingerprint density at radius 3 is 3.08 bits per heavy atom. The van der Waals surface area contributed by atoms with Gasteiger partial charge in [0.25, 0.3) is 0 Å². The Hall–Kier alpha value is 0.01000. The molecule has 0 fully saturated rings. The first-order chi connectivity index (χ1) is 6.20. The molecule has 0 saturated heterocycles. The van der Waals surface area contributed by atoms with Crippen LogP contribution in [0.4, 0.5) is 0 Å². The largest absolute Gasteiger partial charge is 0.327 e. The van der Waals surface area contributed by atoms with Crippen molar-refractivity contribution in [3.8, 4) is 0 Å². The fourth-order valence-electron chi connectivity index (χ4n) is 1.68. The maximum Gasteiger partial charge on any atom is 0.0222 e. The summed E-state index contributed by atoms with van der Waals surface area (Å²) in [5, 5.41) is 0. The van der Waals surface area contributed by atoms with Crippen LogP contribution in [-0.2, 0) is 0 Å². The molecule has 3 heteroatoms. The van der Waals surface area contributed by atoms with Crippen molar-refractivity contribution in [2.24, 2.45) is 5.73 Å². The standard InChI is InChI=1S/C10H12BrNS/c1-6(12)7-5-13-9-4-2-3-8(11)10(7)9/h2-4,6-7H,5,12H2,1H3. The van der Waals surface area contributed by atoms with E-state index in [1.54, 1.807) is 0 Å². The highest BCUT2D eigenvalue weighted by Crippen LogP contribution is 2.44. The minimum absolute atomic E-state index is 0.243. The number of hydrogen-bond donors (Lipinski definition) is 1. The third kappa shape index (κ3) is 1.65.